The van der Waals surface area contributed by atoms with Gasteiger partial charge in [-0.25, -0.2) is 16.8 Å². The summed E-state index contributed by atoms with van der Waals surface area (Å²) < 4.78 is 84.3. The molecule has 7 nitrogen and oxygen atoms in total. The van der Waals surface area contributed by atoms with Crippen LogP contribution >= 0.6 is 0 Å². The van der Waals surface area contributed by atoms with E-state index in [-0.39, 0.29) is 12.2 Å². The summed E-state index contributed by atoms with van der Waals surface area (Å²) >= 11 is 0. The molecule has 1 fully saturated rings. The number of carbonyl (C=O) groups excluding carboxylic acids is 1. The van der Waals surface area contributed by atoms with Crippen LogP contribution in [0.15, 0.2) is 29.2 Å². The second kappa shape index (κ2) is 6.33. The molecule has 0 unspecified atom stereocenters. The minimum Gasteiger partial charge on any atom is -0.277 e. The SMILES string of the molecule is O=C(NNS(=O)(=O)c1cccc(C(F)(F)F)c1)[C@@H]1CCS(=O)(=O)C1. The van der Waals surface area contributed by atoms with E-state index in [1.54, 1.807) is 4.83 Å². The maximum Gasteiger partial charge on any atom is 0.416 e. The lowest BCUT2D eigenvalue weighted by Crippen LogP contribution is -2.44. The van der Waals surface area contributed by atoms with Crippen molar-refractivity contribution < 1.29 is 34.8 Å². The molecule has 134 valence electrons. The van der Waals surface area contributed by atoms with Crippen molar-refractivity contribution in [1.29, 1.82) is 0 Å². The van der Waals surface area contributed by atoms with Gasteiger partial charge in [-0.1, -0.05) is 6.07 Å². The van der Waals surface area contributed by atoms with Crippen molar-refractivity contribution >= 4 is 25.8 Å². The van der Waals surface area contributed by atoms with Gasteiger partial charge in [0.05, 0.1) is 27.9 Å². The van der Waals surface area contributed by atoms with E-state index in [4.69, 9.17) is 0 Å². The molecule has 1 aromatic rings. The van der Waals surface area contributed by atoms with Crippen LogP contribution in [-0.2, 0) is 30.8 Å². The fourth-order valence-electron chi connectivity index (χ4n) is 2.12. The summed E-state index contributed by atoms with van der Waals surface area (Å²) in [5, 5.41) is 0. The molecule has 24 heavy (non-hydrogen) atoms. The first-order valence-corrected chi connectivity index (χ1v) is 9.90. The smallest absolute Gasteiger partial charge is 0.277 e. The summed E-state index contributed by atoms with van der Waals surface area (Å²) in [7, 11) is -7.76. The van der Waals surface area contributed by atoms with E-state index in [0.29, 0.717) is 12.1 Å². The highest BCUT2D eigenvalue weighted by Gasteiger charge is 2.34. The highest BCUT2D eigenvalue weighted by atomic mass is 32.2. The first-order chi connectivity index (χ1) is 10.9. The third kappa shape index (κ3) is 4.45. The summed E-state index contributed by atoms with van der Waals surface area (Å²) in [5.74, 6) is -2.33. The Hall–Kier alpha value is -1.66. The third-order valence-electron chi connectivity index (χ3n) is 3.38. The van der Waals surface area contributed by atoms with Crippen LogP contribution in [0.1, 0.15) is 12.0 Å². The largest absolute Gasteiger partial charge is 0.416 e. The Morgan fingerprint density at radius 3 is 2.46 bits per heavy atom. The Morgan fingerprint density at radius 2 is 1.92 bits per heavy atom. The van der Waals surface area contributed by atoms with Crippen molar-refractivity contribution in [2.24, 2.45) is 5.92 Å². The van der Waals surface area contributed by atoms with E-state index in [2.05, 4.69) is 0 Å². The zero-order valence-electron chi connectivity index (χ0n) is 12.0. The zero-order valence-corrected chi connectivity index (χ0v) is 13.6. The van der Waals surface area contributed by atoms with Crippen molar-refractivity contribution in [3.63, 3.8) is 0 Å². The Balaban J connectivity index is 2.08. The van der Waals surface area contributed by atoms with E-state index in [1.807, 2.05) is 5.43 Å². The second-order valence-electron chi connectivity index (χ2n) is 5.22. The standard InChI is InChI=1S/C12H13F3N2O5S2/c13-12(14,15)9-2-1-3-10(6-9)24(21,22)17-16-11(18)8-4-5-23(19,20)7-8/h1-3,6,8,17H,4-5,7H2,(H,16,18)/t8-/m1/s1. The predicted molar refractivity (Wildman–Crippen MR) is 76.7 cm³/mol. The number of benzene rings is 1. The van der Waals surface area contributed by atoms with Crippen molar-refractivity contribution in [2.45, 2.75) is 17.5 Å². The minimum atomic E-state index is -4.72. The maximum atomic E-state index is 12.6. The van der Waals surface area contributed by atoms with Crippen molar-refractivity contribution in [3.05, 3.63) is 29.8 Å². The highest BCUT2D eigenvalue weighted by molar-refractivity contribution is 7.91. The number of alkyl halides is 3. The number of hydrogen-bond donors (Lipinski definition) is 2. The van der Waals surface area contributed by atoms with Crippen LogP contribution in [-0.4, -0.2) is 34.2 Å². The average molecular weight is 386 g/mol. The first-order valence-electron chi connectivity index (χ1n) is 6.60. The van der Waals surface area contributed by atoms with Gasteiger partial charge in [-0.05, 0) is 24.6 Å². The summed E-state index contributed by atoms with van der Waals surface area (Å²) in [5.41, 5.74) is 0.683. The topological polar surface area (TPSA) is 109 Å². The fraction of sp³-hybridized carbons (Fsp3) is 0.417. The van der Waals surface area contributed by atoms with Crippen LogP contribution in [0.3, 0.4) is 0 Å². The minimum absolute atomic E-state index is 0.0550. The molecule has 0 radical (unpaired) electrons. The van der Waals surface area contributed by atoms with Crippen molar-refractivity contribution in [1.82, 2.24) is 10.3 Å². The molecular formula is C12H13F3N2O5S2. The maximum absolute atomic E-state index is 12.6. The number of hydrogen-bond acceptors (Lipinski definition) is 5. The molecule has 1 atom stereocenters. The van der Waals surface area contributed by atoms with Crippen LogP contribution in [0.4, 0.5) is 13.2 Å². The molecule has 1 heterocycles. The lowest BCUT2D eigenvalue weighted by atomic mass is 10.1. The van der Waals surface area contributed by atoms with Gasteiger partial charge in [0, 0.05) is 0 Å². The van der Waals surface area contributed by atoms with E-state index in [0.717, 1.165) is 12.1 Å². The van der Waals surface area contributed by atoms with Crippen LogP contribution in [0.5, 0.6) is 0 Å². The number of rotatable bonds is 4. The van der Waals surface area contributed by atoms with Gasteiger partial charge in [-0.2, -0.15) is 13.2 Å². The van der Waals surface area contributed by atoms with E-state index < -0.39 is 54.1 Å². The number of nitrogens with one attached hydrogen (secondary N) is 2. The number of sulfonamides is 1. The third-order valence-corrected chi connectivity index (χ3v) is 6.40. The molecule has 2 rings (SSSR count). The predicted octanol–water partition coefficient (Wildman–Crippen LogP) is 0.450. The normalized spacial score (nSPS) is 20.7. The quantitative estimate of drug-likeness (QED) is 0.731. The van der Waals surface area contributed by atoms with Gasteiger partial charge in [0.25, 0.3) is 10.0 Å². The number of carbonyl (C=O) groups is 1. The number of sulfone groups is 1. The highest BCUT2D eigenvalue weighted by Crippen LogP contribution is 2.30. The number of amides is 1. The molecular weight excluding hydrogens is 373 g/mol. The molecule has 12 heteroatoms. The molecule has 2 N–H and O–H groups in total. The molecule has 1 aromatic carbocycles. The van der Waals surface area contributed by atoms with E-state index >= 15 is 0 Å². The molecule has 0 aromatic heterocycles. The zero-order chi connectivity index (χ0) is 18.2. The fourth-order valence-corrected chi connectivity index (χ4v) is 4.75. The average Bonchev–Trinajstić information content (AvgIpc) is 2.84. The lowest BCUT2D eigenvalue weighted by molar-refractivity contribution is -0.137. The van der Waals surface area contributed by atoms with Crippen LogP contribution in [0, 0.1) is 5.92 Å². The lowest BCUT2D eigenvalue weighted by Gasteiger charge is -2.12. The molecule has 1 amide bonds. The van der Waals surface area contributed by atoms with Gasteiger partial charge in [-0.15, -0.1) is 4.83 Å². The monoisotopic (exact) mass is 386 g/mol. The van der Waals surface area contributed by atoms with Crippen LogP contribution in [0.2, 0.25) is 0 Å². The second-order valence-corrected chi connectivity index (χ2v) is 9.13. The Bertz CT molecular complexity index is 850. The molecule has 0 bridgehead atoms. The molecule has 0 saturated carbocycles. The van der Waals surface area contributed by atoms with Gasteiger partial charge >= 0.3 is 6.18 Å². The summed E-state index contributed by atoms with van der Waals surface area (Å²) in [6.45, 7) is 0. The molecule has 0 aliphatic carbocycles. The number of hydrazine groups is 1. The van der Waals surface area contributed by atoms with Gasteiger partial charge < -0.3 is 0 Å². The molecule has 1 aliphatic rings. The summed E-state index contributed by atoms with van der Waals surface area (Å²) in [6, 6.07) is 2.99. The summed E-state index contributed by atoms with van der Waals surface area (Å²) in [4.78, 5) is 12.7. The van der Waals surface area contributed by atoms with Gasteiger partial charge in [-0.3, -0.25) is 10.2 Å². The van der Waals surface area contributed by atoms with Crippen molar-refractivity contribution in [3.8, 4) is 0 Å². The molecule has 0 spiro atoms. The Kier molecular flexibility index (Phi) is 4.93. The van der Waals surface area contributed by atoms with Crippen molar-refractivity contribution in [2.75, 3.05) is 11.5 Å². The van der Waals surface area contributed by atoms with Gasteiger partial charge in [0.2, 0.25) is 5.91 Å². The molecule has 1 saturated heterocycles. The van der Waals surface area contributed by atoms with Crippen LogP contribution < -0.4 is 10.3 Å². The van der Waals surface area contributed by atoms with E-state index in [9.17, 15) is 34.8 Å². The summed E-state index contributed by atoms with van der Waals surface area (Å²) in [6.07, 6.45) is -4.66. The van der Waals surface area contributed by atoms with Gasteiger partial charge in [0.1, 0.15) is 0 Å². The van der Waals surface area contributed by atoms with Crippen LogP contribution in [0.25, 0.3) is 0 Å². The molecule has 1 aliphatic heterocycles. The Morgan fingerprint density at radius 1 is 1.25 bits per heavy atom. The first kappa shape index (κ1) is 18.7. The Labute approximate surface area is 136 Å². The number of halogens is 3. The van der Waals surface area contributed by atoms with E-state index in [1.165, 1.54) is 0 Å². The van der Waals surface area contributed by atoms with Gasteiger partial charge in [0.15, 0.2) is 9.84 Å².